The fourth-order valence-electron chi connectivity index (χ4n) is 1.91. The van der Waals surface area contributed by atoms with E-state index in [9.17, 15) is 0 Å². The molecule has 1 atom stereocenters. The van der Waals surface area contributed by atoms with Gasteiger partial charge < -0.3 is 24.3 Å². The Hall–Kier alpha value is -1.46. The van der Waals surface area contributed by atoms with Crippen LogP contribution in [0.4, 0.5) is 0 Å². The Kier molecular flexibility index (Phi) is 5.49. The van der Waals surface area contributed by atoms with Crippen molar-refractivity contribution >= 4 is 0 Å². The van der Waals surface area contributed by atoms with Crippen LogP contribution >= 0.6 is 0 Å². The van der Waals surface area contributed by atoms with Crippen LogP contribution in [0.3, 0.4) is 0 Å². The molecule has 1 unspecified atom stereocenters. The second-order valence-electron chi connectivity index (χ2n) is 4.85. The minimum Gasteiger partial charge on any atom is -0.490 e. The molecule has 0 aliphatic carbocycles. The monoisotopic (exact) mass is 281 g/mol. The smallest absolute Gasteiger partial charge is 0.231 e. The number of benzene rings is 1. The zero-order valence-corrected chi connectivity index (χ0v) is 12.4. The zero-order valence-electron chi connectivity index (χ0n) is 12.4. The molecule has 0 amide bonds. The van der Waals surface area contributed by atoms with E-state index >= 15 is 0 Å². The van der Waals surface area contributed by atoms with Gasteiger partial charge in [0.05, 0.1) is 6.10 Å². The van der Waals surface area contributed by atoms with Crippen LogP contribution in [0, 0.1) is 0 Å². The summed E-state index contributed by atoms with van der Waals surface area (Å²) in [6.07, 6.45) is 1.15. The first kappa shape index (κ1) is 14.9. The third-order valence-electron chi connectivity index (χ3n) is 3.17. The van der Waals surface area contributed by atoms with Crippen molar-refractivity contribution in [3.8, 4) is 17.2 Å². The number of ether oxygens (including phenoxy) is 4. The molecule has 1 heterocycles. The van der Waals surface area contributed by atoms with E-state index in [0.29, 0.717) is 6.61 Å². The Labute approximate surface area is 120 Å². The number of hydrogen-bond acceptors (Lipinski definition) is 5. The molecular formula is C15H23NO4. The molecule has 0 saturated carbocycles. The molecule has 1 aromatic carbocycles. The standard InChI is InChI=1S/C15H23NO4/c1-4-5-16-8-12-6-14-15(20-10-19-14)7-13(12)18-9-11(2)17-3/h6-7,11,16H,4-5,8-10H2,1-3H3. The van der Waals surface area contributed by atoms with Crippen LogP contribution in [0.2, 0.25) is 0 Å². The second kappa shape index (κ2) is 7.36. The number of nitrogens with one attached hydrogen (secondary N) is 1. The quantitative estimate of drug-likeness (QED) is 0.741. The Morgan fingerprint density at radius 3 is 2.75 bits per heavy atom. The van der Waals surface area contributed by atoms with Gasteiger partial charge in [0.15, 0.2) is 11.5 Å². The first-order valence-electron chi connectivity index (χ1n) is 7.03. The average Bonchev–Trinajstić information content (AvgIpc) is 2.91. The highest BCUT2D eigenvalue weighted by Gasteiger charge is 2.18. The Morgan fingerprint density at radius 2 is 2.05 bits per heavy atom. The van der Waals surface area contributed by atoms with E-state index in [1.54, 1.807) is 7.11 Å². The van der Waals surface area contributed by atoms with Gasteiger partial charge in [0, 0.05) is 25.3 Å². The lowest BCUT2D eigenvalue weighted by atomic mass is 10.1. The molecule has 20 heavy (non-hydrogen) atoms. The minimum atomic E-state index is 0.0527. The van der Waals surface area contributed by atoms with Gasteiger partial charge in [-0.25, -0.2) is 0 Å². The highest BCUT2D eigenvalue weighted by Crippen LogP contribution is 2.38. The Bertz CT molecular complexity index is 436. The van der Waals surface area contributed by atoms with Gasteiger partial charge in [0.25, 0.3) is 0 Å². The van der Waals surface area contributed by atoms with Gasteiger partial charge >= 0.3 is 0 Å². The van der Waals surface area contributed by atoms with Gasteiger partial charge in [-0.3, -0.25) is 0 Å². The molecule has 5 heteroatoms. The lowest BCUT2D eigenvalue weighted by Crippen LogP contribution is -2.18. The van der Waals surface area contributed by atoms with Crippen LogP contribution in [0.1, 0.15) is 25.8 Å². The van der Waals surface area contributed by atoms with Gasteiger partial charge in [-0.1, -0.05) is 6.92 Å². The predicted octanol–water partition coefficient (Wildman–Crippen LogP) is 2.33. The fourth-order valence-corrected chi connectivity index (χ4v) is 1.91. The molecule has 1 aliphatic heterocycles. The van der Waals surface area contributed by atoms with Gasteiger partial charge in [-0.2, -0.15) is 0 Å². The summed E-state index contributed by atoms with van der Waals surface area (Å²) in [7, 11) is 1.68. The van der Waals surface area contributed by atoms with Crippen molar-refractivity contribution in [1.82, 2.24) is 5.32 Å². The molecule has 112 valence electrons. The summed E-state index contributed by atoms with van der Waals surface area (Å²) in [4.78, 5) is 0. The van der Waals surface area contributed by atoms with Crippen molar-refractivity contribution in [2.75, 3.05) is 27.1 Å². The zero-order chi connectivity index (χ0) is 14.4. The van der Waals surface area contributed by atoms with E-state index in [1.165, 1.54) is 0 Å². The van der Waals surface area contributed by atoms with E-state index in [-0.39, 0.29) is 12.9 Å². The molecule has 2 rings (SSSR count). The fraction of sp³-hybridized carbons (Fsp3) is 0.600. The minimum absolute atomic E-state index is 0.0527. The molecule has 1 aromatic rings. The molecule has 0 aromatic heterocycles. The second-order valence-corrected chi connectivity index (χ2v) is 4.85. The summed E-state index contributed by atoms with van der Waals surface area (Å²) in [5.74, 6) is 2.34. The maximum Gasteiger partial charge on any atom is 0.231 e. The van der Waals surface area contributed by atoms with E-state index in [0.717, 1.165) is 42.3 Å². The van der Waals surface area contributed by atoms with Crippen molar-refractivity contribution in [3.63, 3.8) is 0 Å². The van der Waals surface area contributed by atoms with Gasteiger partial charge in [0.2, 0.25) is 6.79 Å². The third kappa shape index (κ3) is 3.77. The molecule has 1 N–H and O–H groups in total. The topological polar surface area (TPSA) is 49.0 Å². The van der Waals surface area contributed by atoms with E-state index in [1.807, 2.05) is 19.1 Å². The number of hydrogen-bond donors (Lipinski definition) is 1. The Balaban J connectivity index is 2.09. The average molecular weight is 281 g/mol. The molecule has 1 aliphatic rings. The number of fused-ring (bicyclic) bond motifs is 1. The third-order valence-corrected chi connectivity index (χ3v) is 3.17. The summed E-state index contributed by atoms with van der Waals surface area (Å²) in [6.45, 7) is 6.63. The highest BCUT2D eigenvalue weighted by atomic mass is 16.7. The SMILES string of the molecule is CCCNCc1cc2c(cc1OCC(C)OC)OCO2. The van der Waals surface area contributed by atoms with Crippen LogP contribution < -0.4 is 19.5 Å². The molecule has 0 radical (unpaired) electrons. The molecule has 0 spiro atoms. The van der Waals surface area contributed by atoms with E-state index in [2.05, 4.69) is 12.2 Å². The number of methoxy groups -OCH3 is 1. The van der Waals surface area contributed by atoms with Gasteiger partial charge in [-0.05, 0) is 26.0 Å². The highest BCUT2D eigenvalue weighted by molar-refractivity contribution is 5.51. The van der Waals surface area contributed by atoms with Crippen molar-refractivity contribution in [1.29, 1.82) is 0 Å². The molecular weight excluding hydrogens is 258 g/mol. The van der Waals surface area contributed by atoms with Crippen LogP contribution in [-0.2, 0) is 11.3 Å². The first-order valence-corrected chi connectivity index (χ1v) is 7.03. The van der Waals surface area contributed by atoms with Crippen molar-refractivity contribution < 1.29 is 18.9 Å². The summed E-state index contributed by atoms with van der Waals surface area (Å²) >= 11 is 0. The van der Waals surface area contributed by atoms with E-state index < -0.39 is 0 Å². The van der Waals surface area contributed by atoms with Crippen LogP contribution in [0.5, 0.6) is 17.2 Å². The Morgan fingerprint density at radius 1 is 1.30 bits per heavy atom. The summed E-state index contributed by atoms with van der Waals surface area (Å²) in [5, 5.41) is 3.38. The molecule has 5 nitrogen and oxygen atoms in total. The first-order chi connectivity index (χ1) is 9.74. The van der Waals surface area contributed by atoms with E-state index in [4.69, 9.17) is 18.9 Å². The van der Waals surface area contributed by atoms with Gasteiger partial charge in [-0.15, -0.1) is 0 Å². The predicted molar refractivity (Wildman–Crippen MR) is 76.5 cm³/mol. The molecule has 0 bridgehead atoms. The van der Waals surface area contributed by atoms with Crippen molar-refractivity contribution in [2.45, 2.75) is 32.9 Å². The van der Waals surface area contributed by atoms with Crippen LogP contribution in [0.25, 0.3) is 0 Å². The summed E-state index contributed by atoms with van der Waals surface area (Å²) < 4.78 is 21.9. The maximum absolute atomic E-state index is 5.85. The largest absolute Gasteiger partial charge is 0.490 e. The van der Waals surface area contributed by atoms with Crippen LogP contribution in [-0.4, -0.2) is 33.2 Å². The van der Waals surface area contributed by atoms with Crippen LogP contribution in [0.15, 0.2) is 12.1 Å². The molecule has 0 fully saturated rings. The lowest BCUT2D eigenvalue weighted by Gasteiger charge is -2.15. The van der Waals surface area contributed by atoms with Gasteiger partial charge in [0.1, 0.15) is 12.4 Å². The number of rotatable bonds is 8. The summed E-state index contributed by atoms with van der Waals surface area (Å²) in [5.41, 5.74) is 1.08. The maximum atomic E-state index is 5.85. The molecule has 0 saturated heterocycles. The van der Waals surface area contributed by atoms with Crippen molar-refractivity contribution in [3.05, 3.63) is 17.7 Å². The summed E-state index contributed by atoms with van der Waals surface area (Å²) in [6, 6.07) is 3.88. The lowest BCUT2D eigenvalue weighted by molar-refractivity contribution is 0.0712. The normalized spacial score (nSPS) is 14.3. The van der Waals surface area contributed by atoms with Crippen molar-refractivity contribution in [2.24, 2.45) is 0 Å².